The highest BCUT2D eigenvalue weighted by atomic mass is 16.5. The van der Waals surface area contributed by atoms with Crippen LogP contribution in [0.4, 0.5) is 0 Å². The highest BCUT2D eigenvalue weighted by molar-refractivity contribution is 5.20. The van der Waals surface area contributed by atoms with E-state index in [1.807, 2.05) is 6.92 Å². The molecule has 1 saturated carbocycles. The fraction of sp³-hybridized carbons (Fsp3) is 0.850. The predicted octanol–water partition coefficient (Wildman–Crippen LogP) is 2.53. The van der Waals surface area contributed by atoms with E-state index in [4.69, 9.17) is 4.52 Å². The summed E-state index contributed by atoms with van der Waals surface area (Å²) in [6.07, 6.45) is 5.61. The summed E-state index contributed by atoms with van der Waals surface area (Å²) in [6, 6.07) is 1.57. The Morgan fingerprint density at radius 3 is 2.64 bits per heavy atom. The predicted molar refractivity (Wildman–Crippen MR) is 99.5 cm³/mol. The summed E-state index contributed by atoms with van der Waals surface area (Å²) in [5, 5.41) is 4.13. The molecule has 3 atom stereocenters. The van der Waals surface area contributed by atoms with E-state index in [1.165, 1.54) is 57.4 Å². The van der Waals surface area contributed by atoms with Gasteiger partial charge < -0.3 is 9.42 Å². The van der Waals surface area contributed by atoms with E-state index in [0.29, 0.717) is 0 Å². The number of piperidine rings is 1. The average molecular weight is 347 g/mol. The summed E-state index contributed by atoms with van der Waals surface area (Å²) < 4.78 is 5.36. The summed E-state index contributed by atoms with van der Waals surface area (Å²) in [5.74, 6) is 2.81. The largest absolute Gasteiger partial charge is 0.361 e. The lowest BCUT2D eigenvalue weighted by molar-refractivity contribution is 0.0877. The monoisotopic (exact) mass is 346 g/mol. The van der Waals surface area contributed by atoms with Crippen molar-refractivity contribution in [3.8, 4) is 0 Å². The number of likely N-dealkylation sites (tertiary alicyclic amines) is 2. The smallest absolute Gasteiger partial charge is 0.138 e. The summed E-state index contributed by atoms with van der Waals surface area (Å²) >= 11 is 0. The van der Waals surface area contributed by atoms with Crippen molar-refractivity contribution >= 4 is 0 Å². The quantitative estimate of drug-likeness (QED) is 0.791. The Hall–Kier alpha value is -0.910. The van der Waals surface area contributed by atoms with Crippen molar-refractivity contribution in [2.24, 2.45) is 11.8 Å². The van der Waals surface area contributed by atoms with E-state index in [1.54, 1.807) is 0 Å². The number of aryl methyl sites for hydroxylation is 2. The minimum Gasteiger partial charge on any atom is -0.361 e. The zero-order valence-corrected chi connectivity index (χ0v) is 16.4. The average Bonchev–Trinajstić information content (AvgIpc) is 3.25. The van der Waals surface area contributed by atoms with Crippen LogP contribution in [0.25, 0.3) is 0 Å². The molecule has 3 heterocycles. The van der Waals surface area contributed by atoms with Gasteiger partial charge in [-0.05, 0) is 65.5 Å². The van der Waals surface area contributed by atoms with Crippen molar-refractivity contribution < 1.29 is 4.52 Å². The summed E-state index contributed by atoms with van der Waals surface area (Å²) in [7, 11) is 4.45. The molecular formula is C20H34N4O. The molecule has 0 N–H and O–H groups in total. The SMILES string of the molecule is Cc1noc(C)c1CN1CC[C@H]2[C@H](C[C@@H](CN(C)C)N2CC2CC2)C1. The maximum Gasteiger partial charge on any atom is 0.138 e. The Morgan fingerprint density at radius 1 is 1.20 bits per heavy atom. The maximum atomic E-state index is 5.36. The van der Waals surface area contributed by atoms with Gasteiger partial charge in [0, 0.05) is 50.4 Å². The van der Waals surface area contributed by atoms with Crippen molar-refractivity contribution in [3.63, 3.8) is 0 Å². The van der Waals surface area contributed by atoms with E-state index in [-0.39, 0.29) is 0 Å². The first-order chi connectivity index (χ1) is 12.0. The van der Waals surface area contributed by atoms with Gasteiger partial charge in [0.2, 0.25) is 0 Å². The minimum atomic E-state index is 0.754. The molecule has 1 aromatic rings. The second kappa shape index (κ2) is 7.01. The second-order valence-corrected chi connectivity index (χ2v) is 8.95. The third-order valence-corrected chi connectivity index (χ3v) is 6.55. The molecule has 0 spiro atoms. The lowest BCUT2D eigenvalue weighted by Gasteiger charge is -2.39. The topological polar surface area (TPSA) is 35.8 Å². The van der Waals surface area contributed by atoms with Crippen molar-refractivity contribution in [1.82, 2.24) is 19.9 Å². The molecule has 3 fully saturated rings. The molecule has 0 radical (unpaired) electrons. The number of nitrogens with zero attached hydrogens (tertiary/aromatic N) is 4. The maximum absolute atomic E-state index is 5.36. The Morgan fingerprint density at radius 2 is 2.00 bits per heavy atom. The van der Waals surface area contributed by atoms with Gasteiger partial charge in [-0.3, -0.25) is 9.80 Å². The molecule has 1 aliphatic carbocycles. The molecule has 5 nitrogen and oxygen atoms in total. The van der Waals surface area contributed by atoms with E-state index < -0.39 is 0 Å². The van der Waals surface area contributed by atoms with Crippen LogP contribution in [0.5, 0.6) is 0 Å². The van der Waals surface area contributed by atoms with Crippen LogP contribution in [0, 0.1) is 25.7 Å². The van der Waals surface area contributed by atoms with Gasteiger partial charge in [-0.2, -0.15) is 0 Å². The van der Waals surface area contributed by atoms with Crippen LogP contribution in [-0.4, -0.2) is 72.2 Å². The normalized spacial score (nSPS) is 31.0. The first kappa shape index (κ1) is 17.5. The fourth-order valence-corrected chi connectivity index (χ4v) is 5.10. The van der Waals surface area contributed by atoms with Crippen LogP contribution in [-0.2, 0) is 6.54 Å². The van der Waals surface area contributed by atoms with Crippen molar-refractivity contribution in [2.45, 2.75) is 58.2 Å². The van der Waals surface area contributed by atoms with E-state index in [9.17, 15) is 0 Å². The van der Waals surface area contributed by atoms with Crippen LogP contribution in [0.15, 0.2) is 4.52 Å². The van der Waals surface area contributed by atoms with Crippen LogP contribution in [0.3, 0.4) is 0 Å². The Balaban J connectivity index is 1.42. The lowest BCUT2D eigenvalue weighted by atomic mass is 9.91. The molecule has 2 saturated heterocycles. The molecule has 0 aromatic carbocycles. The minimum absolute atomic E-state index is 0.754. The van der Waals surface area contributed by atoms with Crippen molar-refractivity contribution in [1.29, 1.82) is 0 Å². The van der Waals surface area contributed by atoms with Gasteiger partial charge in [0.1, 0.15) is 5.76 Å². The van der Waals surface area contributed by atoms with E-state index in [2.05, 4.69) is 40.9 Å². The molecule has 5 heteroatoms. The molecule has 3 aliphatic rings. The third-order valence-electron chi connectivity index (χ3n) is 6.55. The van der Waals surface area contributed by atoms with Gasteiger partial charge in [0.05, 0.1) is 5.69 Å². The van der Waals surface area contributed by atoms with E-state index in [0.717, 1.165) is 41.9 Å². The van der Waals surface area contributed by atoms with Crippen molar-refractivity contribution in [2.75, 3.05) is 40.3 Å². The number of rotatable bonds is 6. The zero-order valence-electron chi connectivity index (χ0n) is 16.4. The van der Waals surface area contributed by atoms with Crippen molar-refractivity contribution in [3.05, 3.63) is 17.0 Å². The molecule has 0 amide bonds. The Bertz CT molecular complexity index is 575. The lowest BCUT2D eigenvalue weighted by Crippen LogP contribution is -2.48. The van der Waals surface area contributed by atoms with Crippen LogP contribution < -0.4 is 0 Å². The van der Waals surface area contributed by atoms with Gasteiger partial charge in [-0.25, -0.2) is 0 Å². The molecule has 4 rings (SSSR count). The molecular weight excluding hydrogens is 312 g/mol. The van der Waals surface area contributed by atoms with Crippen LogP contribution in [0.2, 0.25) is 0 Å². The molecule has 1 aromatic heterocycles. The first-order valence-corrected chi connectivity index (χ1v) is 10.1. The Kier molecular flexibility index (Phi) is 4.91. The number of hydrogen-bond acceptors (Lipinski definition) is 5. The number of fused-ring (bicyclic) bond motifs is 1. The van der Waals surface area contributed by atoms with Gasteiger partial charge in [-0.1, -0.05) is 5.16 Å². The summed E-state index contributed by atoms with van der Waals surface area (Å²) in [4.78, 5) is 7.92. The van der Waals surface area contributed by atoms with Gasteiger partial charge in [0.25, 0.3) is 0 Å². The summed E-state index contributed by atoms with van der Waals surface area (Å²) in [6.45, 7) is 10.1. The first-order valence-electron chi connectivity index (χ1n) is 10.1. The standard InChI is InChI=1S/C20H34N4O/c1-14-19(15(2)25-21-14)13-23-8-7-20-17(11-23)9-18(12-22(3)4)24(20)10-16-5-6-16/h16-18,20H,5-13H2,1-4H3/t17-,18+,20+/m1/s1. The molecule has 140 valence electrons. The van der Waals surface area contributed by atoms with E-state index >= 15 is 0 Å². The number of likely N-dealkylation sites (N-methyl/N-ethyl adjacent to an activating group) is 1. The second-order valence-electron chi connectivity index (χ2n) is 8.95. The molecule has 0 bridgehead atoms. The number of aromatic nitrogens is 1. The van der Waals surface area contributed by atoms with Crippen LogP contribution in [0.1, 0.15) is 42.7 Å². The highest BCUT2D eigenvalue weighted by Crippen LogP contribution is 2.40. The zero-order chi connectivity index (χ0) is 17.6. The van der Waals surface area contributed by atoms with Gasteiger partial charge in [0.15, 0.2) is 0 Å². The molecule has 25 heavy (non-hydrogen) atoms. The fourth-order valence-electron chi connectivity index (χ4n) is 5.10. The summed E-state index contributed by atoms with van der Waals surface area (Å²) in [5.41, 5.74) is 2.36. The third kappa shape index (κ3) is 3.79. The molecule has 0 unspecified atom stereocenters. The highest BCUT2D eigenvalue weighted by Gasteiger charge is 2.45. The van der Waals surface area contributed by atoms with Gasteiger partial charge in [-0.15, -0.1) is 0 Å². The number of hydrogen-bond donors (Lipinski definition) is 0. The molecule has 2 aliphatic heterocycles. The van der Waals surface area contributed by atoms with Gasteiger partial charge >= 0.3 is 0 Å². The van der Waals surface area contributed by atoms with Crippen LogP contribution >= 0.6 is 0 Å². The Labute approximate surface area is 152 Å².